The van der Waals surface area contributed by atoms with E-state index in [1.54, 1.807) is 0 Å². The molecule has 0 amide bonds. The van der Waals surface area contributed by atoms with Gasteiger partial charge in [-0.2, -0.15) is 0 Å². The molecule has 45 heavy (non-hydrogen) atoms. The fourth-order valence-corrected chi connectivity index (χ4v) is 7.40. The van der Waals surface area contributed by atoms with Crippen molar-refractivity contribution in [2.24, 2.45) is 0 Å². The van der Waals surface area contributed by atoms with Gasteiger partial charge in [-0.15, -0.1) is 0 Å². The largest absolute Gasteiger partial charge is 0.454 e. The molecule has 0 N–H and O–H groups in total. The molecule has 1 aliphatic carbocycles. The molecular weight excluding hydrogens is 546 g/mol. The van der Waals surface area contributed by atoms with Gasteiger partial charge >= 0.3 is 0 Å². The molecule has 0 unspecified atom stereocenters. The van der Waals surface area contributed by atoms with Crippen LogP contribution >= 0.6 is 0 Å². The third kappa shape index (κ3) is 3.89. The number of rotatable bonds is 4. The van der Waals surface area contributed by atoms with Crippen molar-refractivity contribution in [2.45, 2.75) is 19.3 Å². The van der Waals surface area contributed by atoms with E-state index in [1.165, 1.54) is 44.2 Å². The summed E-state index contributed by atoms with van der Waals surface area (Å²) < 4.78 is 6.47. The number of hydrogen-bond donors (Lipinski definition) is 0. The Labute approximate surface area is 262 Å². The van der Waals surface area contributed by atoms with E-state index in [-0.39, 0.29) is 5.41 Å². The average molecular weight is 578 g/mol. The second-order valence-corrected chi connectivity index (χ2v) is 12.6. The Morgan fingerprint density at radius 2 is 1.20 bits per heavy atom. The summed E-state index contributed by atoms with van der Waals surface area (Å²) in [6, 6.07) is 54.5. The van der Waals surface area contributed by atoms with Crippen LogP contribution in [0.4, 0.5) is 17.1 Å². The van der Waals surface area contributed by atoms with Gasteiger partial charge in [-0.25, -0.2) is 0 Å². The second kappa shape index (κ2) is 9.70. The van der Waals surface area contributed by atoms with Gasteiger partial charge in [0.1, 0.15) is 5.58 Å². The number of anilines is 3. The van der Waals surface area contributed by atoms with Crippen molar-refractivity contribution in [1.82, 2.24) is 0 Å². The first-order chi connectivity index (χ1) is 22.1. The highest BCUT2D eigenvalue weighted by Gasteiger charge is 2.36. The minimum atomic E-state index is -0.0694. The summed E-state index contributed by atoms with van der Waals surface area (Å²) in [7, 11) is 0. The molecule has 1 aliphatic rings. The fraction of sp³-hybridized carbons (Fsp3) is 0.0698. The van der Waals surface area contributed by atoms with Crippen molar-refractivity contribution in [2.75, 3.05) is 4.90 Å². The van der Waals surface area contributed by atoms with Gasteiger partial charge in [0.2, 0.25) is 0 Å². The summed E-state index contributed by atoms with van der Waals surface area (Å²) in [4.78, 5) is 2.29. The van der Waals surface area contributed by atoms with Gasteiger partial charge in [0.05, 0.1) is 5.69 Å². The maximum atomic E-state index is 6.47. The number of fused-ring (bicyclic) bond motifs is 8. The molecular formula is C43H31NO. The van der Waals surface area contributed by atoms with E-state index >= 15 is 0 Å². The van der Waals surface area contributed by atoms with E-state index in [1.807, 2.05) is 12.1 Å². The number of para-hydroxylation sites is 3. The molecule has 0 saturated carbocycles. The zero-order valence-electron chi connectivity index (χ0n) is 25.3. The van der Waals surface area contributed by atoms with Crippen molar-refractivity contribution in [1.29, 1.82) is 0 Å². The van der Waals surface area contributed by atoms with Crippen LogP contribution in [0.25, 0.3) is 55.0 Å². The van der Waals surface area contributed by atoms with Gasteiger partial charge in [-0.05, 0) is 86.6 Å². The second-order valence-electron chi connectivity index (χ2n) is 12.6. The summed E-state index contributed by atoms with van der Waals surface area (Å²) in [6.45, 7) is 4.71. The molecule has 2 nitrogen and oxygen atoms in total. The van der Waals surface area contributed by atoms with Crippen molar-refractivity contribution >= 4 is 49.8 Å². The predicted molar refractivity (Wildman–Crippen MR) is 189 cm³/mol. The highest BCUT2D eigenvalue weighted by atomic mass is 16.3. The third-order valence-electron chi connectivity index (χ3n) is 9.66. The van der Waals surface area contributed by atoms with Crippen LogP contribution in [0.2, 0.25) is 0 Å². The first-order valence-electron chi connectivity index (χ1n) is 15.6. The van der Waals surface area contributed by atoms with Gasteiger partial charge in [0.15, 0.2) is 5.58 Å². The lowest BCUT2D eigenvalue weighted by Gasteiger charge is -2.26. The Hall–Kier alpha value is -5.60. The molecule has 0 bridgehead atoms. The Morgan fingerprint density at radius 1 is 0.511 bits per heavy atom. The van der Waals surface area contributed by atoms with E-state index in [2.05, 4.69) is 158 Å². The maximum absolute atomic E-state index is 6.47. The summed E-state index contributed by atoms with van der Waals surface area (Å²) in [5, 5.41) is 4.88. The van der Waals surface area contributed by atoms with Crippen molar-refractivity contribution in [3.63, 3.8) is 0 Å². The van der Waals surface area contributed by atoms with E-state index in [4.69, 9.17) is 4.42 Å². The lowest BCUT2D eigenvalue weighted by Crippen LogP contribution is -2.15. The Morgan fingerprint density at radius 3 is 2.04 bits per heavy atom. The predicted octanol–water partition coefficient (Wildman–Crippen LogP) is 12.2. The molecule has 1 aromatic heterocycles. The van der Waals surface area contributed by atoms with Crippen LogP contribution in [0, 0.1) is 0 Å². The molecule has 0 saturated heterocycles. The van der Waals surface area contributed by atoms with E-state index in [9.17, 15) is 0 Å². The molecule has 0 aliphatic heterocycles. The van der Waals surface area contributed by atoms with Gasteiger partial charge < -0.3 is 9.32 Å². The summed E-state index contributed by atoms with van der Waals surface area (Å²) >= 11 is 0. The molecule has 214 valence electrons. The van der Waals surface area contributed by atoms with E-state index < -0.39 is 0 Å². The van der Waals surface area contributed by atoms with Gasteiger partial charge in [-0.1, -0.05) is 123 Å². The number of benzene rings is 7. The van der Waals surface area contributed by atoms with E-state index in [0.29, 0.717) is 0 Å². The number of hydrogen-bond acceptors (Lipinski definition) is 2. The van der Waals surface area contributed by atoms with Crippen LogP contribution in [-0.2, 0) is 5.41 Å². The smallest absolute Gasteiger partial charge is 0.159 e. The topological polar surface area (TPSA) is 16.4 Å². The van der Waals surface area contributed by atoms with Crippen LogP contribution in [0.1, 0.15) is 25.0 Å². The van der Waals surface area contributed by atoms with Crippen LogP contribution < -0.4 is 4.90 Å². The summed E-state index contributed by atoms with van der Waals surface area (Å²) in [5.74, 6) is 0. The third-order valence-corrected chi connectivity index (χ3v) is 9.66. The quantitative estimate of drug-likeness (QED) is 0.207. The minimum absolute atomic E-state index is 0.0694. The average Bonchev–Trinajstić information content (AvgIpc) is 3.58. The first-order valence-corrected chi connectivity index (χ1v) is 15.6. The first kappa shape index (κ1) is 25.9. The zero-order chi connectivity index (χ0) is 30.1. The highest BCUT2D eigenvalue weighted by molar-refractivity contribution is 6.10. The van der Waals surface area contributed by atoms with E-state index in [0.717, 1.165) is 39.0 Å². The van der Waals surface area contributed by atoms with Crippen LogP contribution in [0.15, 0.2) is 156 Å². The van der Waals surface area contributed by atoms with Crippen LogP contribution in [0.5, 0.6) is 0 Å². The SMILES string of the molecule is CC1(C)c2cc(-c3ccc(N(c4ccccc4)c4cccc5c4oc4ccccc45)cc3)ccc2-c2c1ccc1ccccc21. The zero-order valence-corrected chi connectivity index (χ0v) is 25.3. The molecule has 1 heterocycles. The molecule has 2 heteroatoms. The van der Waals surface area contributed by atoms with Crippen molar-refractivity contribution in [3.05, 3.63) is 163 Å². The lowest BCUT2D eigenvalue weighted by molar-refractivity contribution is 0.661. The minimum Gasteiger partial charge on any atom is -0.454 e. The molecule has 8 aromatic rings. The normalized spacial score (nSPS) is 13.3. The van der Waals surface area contributed by atoms with Crippen molar-refractivity contribution < 1.29 is 4.42 Å². The molecule has 0 fully saturated rings. The number of nitrogens with zero attached hydrogens (tertiary/aromatic N) is 1. The number of furan rings is 1. The summed E-state index contributed by atoms with van der Waals surface area (Å²) in [5.41, 5.74) is 12.9. The lowest BCUT2D eigenvalue weighted by atomic mass is 9.81. The molecule has 9 rings (SSSR count). The van der Waals surface area contributed by atoms with Gasteiger partial charge in [-0.3, -0.25) is 0 Å². The maximum Gasteiger partial charge on any atom is 0.159 e. The molecule has 7 aromatic carbocycles. The standard InChI is InChI=1S/C43H31NO/c1-43(2)37-26-22-29-11-6-7-14-33(29)41(37)36-25-21-30(27-38(36)43)28-19-23-32(24-20-28)44(31-12-4-3-5-13-31)39-17-10-16-35-34-15-8-9-18-40(34)45-42(35)39/h3-27H,1-2H3. The molecule has 0 atom stereocenters. The Kier molecular flexibility index (Phi) is 5.58. The Bertz CT molecular complexity index is 2400. The van der Waals surface area contributed by atoms with Gasteiger partial charge in [0.25, 0.3) is 0 Å². The molecule has 0 radical (unpaired) electrons. The monoisotopic (exact) mass is 577 g/mol. The van der Waals surface area contributed by atoms with Crippen LogP contribution in [0.3, 0.4) is 0 Å². The fourth-order valence-electron chi connectivity index (χ4n) is 7.40. The van der Waals surface area contributed by atoms with Crippen LogP contribution in [-0.4, -0.2) is 0 Å². The summed E-state index contributed by atoms with van der Waals surface area (Å²) in [6.07, 6.45) is 0. The van der Waals surface area contributed by atoms with Gasteiger partial charge in [0, 0.05) is 27.6 Å². The van der Waals surface area contributed by atoms with Crippen molar-refractivity contribution in [3.8, 4) is 22.3 Å². The Balaban J connectivity index is 1.15. The molecule has 0 spiro atoms. The highest BCUT2D eigenvalue weighted by Crippen LogP contribution is 2.52.